The van der Waals surface area contributed by atoms with Gasteiger partial charge in [-0.25, -0.2) is 9.78 Å². The van der Waals surface area contributed by atoms with E-state index < -0.39 is 17.2 Å². The molecule has 0 unspecified atom stereocenters. The van der Waals surface area contributed by atoms with E-state index >= 15 is 0 Å². The fraction of sp³-hybridized carbons (Fsp3) is 0.455. The van der Waals surface area contributed by atoms with Crippen LogP contribution in [0, 0.1) is 0 Å². The van der Waals surface area contributed by atoms with Crippen LogP contribution in [0.1, 0.15) is 19.2 Å². The van der Waals surface area contributed by atoms with E-state index in [1.807, 2.05) is 6.92 Å². The standard InChI is InChI=1S/C11H14N4O4/c1-3-4-15-9-8(10(18)13-11(15)19)14(2)6(12-9)5-7(16)17/h3-5H2,1-2H3,(H,16,17)(H,13,18,19). The number of aromatic amines is 1. The van der Waals surface area contributed by atoms with Crippen LogP contribution < -0.4 is 11.2 Å². The van der Waals surface area contributed by atoms with Crippen molar-refractivity contribution in [3.8, 4) is 0 Å². The second-order valence-corrected chi connectivity index (χ2v) is 4.24. The molecule has 0 aliphatic heterocycles. The zero-order chi connectivity index (χ0) is 14.2. The Balaban J connectivity index is 2.80. The highest BCUT2D eigenvalue weighted by Gasteiger charge is 2.17. The van der Waals surface area contributed by atoms with Gasteiger partial charge in [0.05, 0.1) is 0 Å². The molecular weight excluding hydrogens is 252 g/mol. The second-order valence-electron chi connectivity index (χ2n) is 4.24. The predicted octanol–water partition coefficient (Wildman–Crippen LogP) is -0.540. The van der Waals surface area contributed by atoms with Gasteiger partial charge in [0.1, 0.15) is 12.2 Å². The summed E-state index contributed by atoms with van der Waals surface area (Å²) < 4.78 is 2.76. The van der Waals surface area contributed by atoms with E-state index in [4.69, 9.17) is 5.11 Å². The third kappa shape index (κ3) is 2.16. The summed E-state index contributed by atoms with van der Waals surface area (Å²) in [5.74, 6) is -0.803. The molecular formula is C11H14N4O4. The van der Waals surface area contributed by atoms with E-state index in [9.17, 15) is 14.4 Å². The van der Waals surface area contributed by atoms with Crippen LogP contribution in [0.15, 0.2) is 9.59 Å². The zero-order valence-corrected chi connectivity index (χ0v) is 10.6. The minimum Gasteiger partial charge on any atom is -0.481 e. The number of nitrogens with zero attached hydrogens (tertiary/aromatic N) is 3. The third-order valence-electron chi connectivity index (χ3n) is 2.86. The first-order valence-corrected chi connectivity index (χ1v) is 5.86. The van der Waals surface area contributed by atoms with Crippen LogP contribution in [0.4, 0.5) is 0 Å². The Hall–Kier alpha value is -2.38. The first-order chi connectivity index (χ1) is 8.95. The van der Waals surface area contributed by atoms with Gasteiger partial charge in [-0.1, -0.05) is 6.92 Å². The molecule has 2 aromatic heterocycles. The number of rotatable bonds is 4. The SMILES string of the molecule is CCCn1c(=O)[nH]c(=O)c2c1nc(CC(=O)O)n2C. The van der Waals surface area contributed by atoms with Gasteiger partial charge in [-0.05, 0) is 6.42 Å². The quantitative estimate of drug-likeness (QED) is 0.772. The molecule has 0 aliphatic carbocycles. The number of hydrogen-bond acceptors (Lipinski definition) is 4. The van der Waals surface area contributed by atoms with E-state index in [1.165, 1.54) is 9.13 Å². The largest absolute Gasteiger partial charge is 0.481 e. The van der Waals surface area contributed by atoms with Gasteiger partial charge in [-0.2, -0.15) is 0 Å². The summed E-state index contributed by atoms with van der Waals surface area (Å²) in [4.78, 5) is 40.6. The predicted molar refractivity (Wildman–Crippen MR) is 67.2 cm³/mol. The number of imidazole rings is 1. The van der Waals surface area contributed by atoms with Crippen molar-refractivity contribution in [2.75, 3.05) is 0 Å². The first kappa shape index (κ1) is 13.1. The fourth-order valence-electron chi connectivity index (χ4n) is 2.02. The Bertz CT molecular complexity index is 752. The number of aliphatic carboxylic acids is 1. The molecule has 0 atom stereocenters. The molecule has 0 fully saturated rings. The number of aromatic nitrogens is 4. The van der Waals surface area contributed by atoms with Gasteiger partial charge in [0, 0.05) is 13.6 Å². The van der Waals surface area contributed by atoms with Gasteiger partial charge in [-0.3, -0.25) is 19.1 Å². The molecule has 19 heavy (non-hydrogen) atoms. The molecule has 0 saturated heterocycles. The van der Waals surface area contributed by atoms with Crippen LogP contribution in [0.5, 0.6) is 0 Å². The van der Waals surface area contributed by atoms with Gasteiger partial charge < -0.3 is 9.67 Å². The molecule has 0 aromatic carbocycles. The number of aryl methyl sites for hydroxylation is 2. The number of carboxylic acid groups (broad SMARTS) is 1. The maximum atomic E-state index is 11.8. The average Bonchev–Trinajstić information content (AvgIpc) is 2.62. The second kappa shape index (κ2) is 4.71. The van der Waals surface area contributed by atoms with Crippen molar-refractivity contribution in [3.63, 3.8) is 0 Å². The molecule has 0 amide bonds. The van der Waals surface area contributed by atoms with Gasteiger partial charge in [0.25, 0.3) is 5.56 Å². The van der Waals surface area contributed by atoms with E-state index in [0.717, 1.165) is 0 Å². The van der Waals surface area contributed by atoms with Gasteiger partial charge >= 0.3 is 11.7 Å². The highest BCUT2D eigenvalue weighted by Crippen LogP contribution is 2.10. The molecule has 2 heterocycles. The summed E-state index contributed by atoms with van der Waals surface area (Å²) in [5.41, 5.74) is -0.642. The van der Waals surface area contributed by atoms with Crippen molar-refractivity contribution in [2.45, 2.75) is 26.3 Å². The fourth-order valence-corrected chi connectivity index (χ4v) is 2.02. The number of carboxylic acids is 1. The summed E-state index contributed by atoms with van der Waals surface area (Å²) in [5, 5.41) is 8.81. The summed E-state index contributed by atoms with van der Waals surface area (Å²) in [6.07, 6.45) is 0.400. The minimum atomic E-state index is -1.04. The third-order valence-corrected chi connectivity index (χ3v) is 2.86. The monoisotopic (exact) mass is 266 g/mol. The Labute approximate surface area is 107 Å². The molecule has 0 spiro atoms. The van der Waals surface area contributed by atoms with Gasteiger partial charge in [-0.15, -0.1) is 0 Å². The molecule has 0 saturated carbocycles. The molecule has 2 aromatic rings. The van der Waals surface area contributed by atoms with Crippen LogP contribution in [-0.4, -0.2) is 30.2 Å². The van der Waals surface area contributed by atoms with Crippen molar-refractivity contribution < 1.29 is 9.90 Å². The Morgan fingerprint density at radius 1 is 1.42 bits per heavy atom. The lowest BCUT2D eigenvalue weighted by molar-refractivity contribution is -0.136. The lowest BCUT2D eigenvalue weighted by Gasteiger charge is -2.03. The van der Waals surface area contributed by atoms with Gasteiger partial charge in [0.15, 0.2) is 11.2 Å². The van der Waals surface area contributed by atoms with Crippen LogP contribution in [-0.2, 0) is 24.8 Å². The van der Waals surface area contributed by atoms with Crippen LogP contribution in [0.25, 0.3) is 11.2 Å². The normalized spacial score (nSPS) is 11.1. The number of carbonyl (C=O) groups is 1. The molecule has 2 rings (SSSR count). The highest BCUT2D eigenvalue weighted by molar-refractivity contribution is 5.74. The summed E-state index contributed by atoms with van der Waals surface area (Å²) in [6.45, 7) is 2.31. The topological polar surface area (TPSA) is 110 Å². The zero-order valence-electron chi connectivity index (χ0n) is 10.6. The molecule has 0 bridgehead atoms. The van der Waals surface area contributed by atoms with E-state index in [0.29, 0.717) is 13.0 Å². The maximum absolute atomic E-state index is 11.8. The van der Waals surface area contributed by atoms with Crippen molar-refractivity contribution in [1.82, 2.24) is 19.1 Å². The Kier molecular flexibility index (Phi) is 3.24. The number of nitrogens with one attached hydrogen (secondary N) is 1. The summed E-state index contributed by atoms with van der Waals surface area (Å²) in [6, 6.07) is 0. The van der Waals surface area contributed by atoms with Crippen LogP contribution in [0.3, 0.4) is 0 Å². The Morgan fingerprint density at radius 3 is 2.68 bits per heavy atom. The summed E-state index contributed by atoms with van der Waals surface area (Å²) in [7, 11) is 1.56. The first-order valence-electron chi connectivity index (χ1n) is 5.86. The molecule has 102 valence electrons. The molecule has 0 aliphatic rings. The van der Waals surface area contributed by atoms with Crippen molar-refractivity contribution >= 4 is 17.1 Å². The van der Waals surface area contributed by atoms with Crippen molar-refractivity contribution in [1.29, 1.82) is 0 Å². The molecule has 8 heteroatoms. The lowest BCUT2D eigenvalue weighted by atomic mass is 10.4. The van der Waals surface area contributed by atoms with Crippen molar-refractivity contribution in [3.05, 3.63) is 26.7 Å². The number of H-pyrrole nitrogens is 1. The van der Waals surface area contributed by atoms with Crippen LogP contribution >= 0.6 is 0 Å². The molecule has 0 radical (unpaired) electrons. The molecule has 8 nitrogen and oxygen atoms in total. The smallest absolute Gasteiger partial charge is 0.330 e. The number of fused-ring (bicyclic) bond motifs is 1. The Morgan fingerprint density at radius 2 is 2.11 bits per heavy atom. The lowest BCUT2D eigenvalue weighted by Crippen LogP contribution is -2.30. The number of hydrogen-bond donors (Lipinski definition) is 2. The molecule has 2 N–H and O–H groups in total. The van der Waals surface area contributed by atoms with Crippen molar-refractivity contribution in [2.24, 2.45) is 7.05 Å². The summed E-state index contributed by atoms with van der Waals surface area (Å²) >= 11 is 0. The maximum Gasteiger partial charge on any atom is 0.330 e. The van der Waals surface area contributed by atoms with E-state index in [-0.39, 0.29) is 23.4 Å². The van der Waals surface area contributed by atoms with Crippen LogP contribution in [0.2, 0.25) is 0 Å². The van der Waals surface area contributed by atoms with E-state index in [2.05, 4.69) is 9.97 Å². The average molecular weight is 266 g/mol. The van der Waals surface area contributed by atoms with Gasteiger partial charge in [0.2, 0.25) is 0 Å². The minimum absolute atomic E-state index is 0.212. The van der Waals surface area contributed by atoms with E-state index in [1.54, 1.807) is 7.05 Å². The highest BCUT2D eigenvalue weighted by atomic mass is 16.4.